The maximum atomic E-state index is 11.9. The molecule has 0 saturated carbocycles. The van der Waals surface area contributed by atoms with Gasteiger partial charge in [0.25, 0.3) is 10.1 Å². The quantitative estimate of drug-likeness (QED) is 0.676. The van der Waals surface area contributed by atoms with E-state index in [1.54, 1.807) is 6.07 Å². The van der Waals surface area contributed by atoms with E-state index in [1.165, 1.54) is 0 Å². The zero-order chi connectivity index (χ0) is 14.8. The van der Waals surface area contributed by atoms with Crippen LogP contribution in [0.3, 0.4) is 0 Å². The molecule has 0 fully saturated rings. The maximum absolute atomic E-state index is 11.9. The average molecular weight is 286 g/mol. The minimum atomic E-state index is -4.11. The Morgan fingerprint density at radius 1 is 1.16 bits per heavy atom. The second-order valence-corrected chi connectivity index (χ2v) is 6.11. The molecule has 0 aliphatic heterocycles. The molecule has 0 spiro atoms. The van der Waals surface area contributed by atoms with Crippen molar-refractivity contribution in [3.05, 3.63) is 33.9 Å². The van der Waals surface area contributed by atoms with Crippen LogP contribution in [0.25, 0.3) is 0 Å². The molecule has 0 saturated heterocycles. The summed E-state index contributed by atoms with van der Waals surface area (Å²) < 4.78 is 34.5. The van der Waals surface area contributed by atoms with Gasteiger partial charge in [-0.25, -0.2) is 4.79 Å². The van der Waals surface area contributed by atoms with Crippen LogP contribution in [0, 0.1) is 27.7 Å². The number of rotatable bonds is 4. The Morgan fingerprint density at radius 3 is 2.26 bits per heavy atom. The van der Waals surface area contributed by atoms with Crippen LogP contribution in [0.2, 0.25) is 0 Å². The molecule has 1 rings (SSSR count). The highest BCUT2D eigenvalue weighted by molar-refractivity contribution is 7.85. The summed E-state index contributed by atoms with van der Waals surface area (Å²) in [4.78, 5) is 11.9. The minimum Gasteiger partial charge on any atom is -0.461 e. The van der Waals surface area contributed by atoms with E-state index in [0.29, 0.717) is 5.56 Å². The molecule has 0 aliphatic carbocycles. The first-order valence-electron chi connectivity index (χ1n) is 5.83. The van der Waals surface area contributed by atoms with Crippen molar-refractivity contribution in [2.75, 3.05) is 12.4 Å². The van der Waals surface area contributed by atoms with Crippen molar-refractivity contribution in [3.8, 4) is 0 Å². The molecule has 0 radical (unpaired) electrons. The van der Waals surface area contributed by atoms with Crippen molar-refractivity contribution in [2.45, 2.75) is 27.7 Å². The molecule has 19 heavy (non-hydrogen) atoms. The van der Waals surface area contributed by atoms with Crippen LogP contribution in [-0.2, 0) is 14.9 Å². The van der Waals surface area contributed by atoms with E-state index in [9.17, 15) is 13.2 Å². The third-order valence-electron chi connectivity index (χ3n) is 3.28. The summed E-state index contributed by atoms with van der Waals surface area (Å²) >= 11 is 0. The zero-order valence-corrected chi connectivity index (χ0v) is 12.3. The van der Waals surface area contributed by atoms with E-state index in [1.807, 2.05) is 27.7 Å². The van der Waals surface area contributed by atoms with Crippen LogP contribution >= 0.6 is 0 Å². The zero-order valence-electron chi connectivity index (χ0n) is 11.5. The normalized spacial score (nSPS) is 11.4. The van der Waals surface area contributed by atoms with Gasteiger partial charge in [-0.2, -0.15) is 8.42 Å². The number of ether oxygens (including phenoxy) is 1. The van der Waals surface area contributed by atoms with Gasteiger partial charge in [-0.1, -0.05) is 0 Å². The van der Waals surface area contributed by atoms with E-state index in [0.717, 1.165) is 22.3 Å². The number of esters is 1. The summed E-state index contributed by atoms with van der Waals surface area (Å²) in [7, 11) is -4.11. The van der Waals surface area contributed by atoms with Crippen molar-refractivity contribution < 1.29 is 22.5 Å². The van der Waals surface area contributed by atoms with E-state index in [4.69, 9.17) is 9.29 Å². The van der Waals surface area contributed by atoms with Crippen molar-refractivity contribution in [1.29, 1.82) is 0 Å². The summed E-state index contributed by atoms with van der Waals surface area (Å²) in [5, 5.41) is 0. The standard InChI is InChI=1S/C13H18O5S/c1-8-7-12(11(4)10(3)9(8)2)13(14)18-5-6-19(15,16)17/h7H,5-6H2,1-4H3,(H,15,16,17). The van der Waals surface area contributed by atoms with Gasteiger partial charge < -0.3 is 4.74 Å². The molecule has 0 aliphatic rings. The molecule has 1 aromatic carbocycles. The van der Waals surface area contributed by atoms with Crippen LogP contribution in [-0.4, -0.2) is 31.3 Å². The first-order chi connectivity index (χ1) is 8.63. The van der Waals surface area contributed by atoms with Crippen LogP contribution in [0.4, 0.5) is 0 Å². The highest BCUT2D eigenvalue weighted by atomic mass is 32.2. The van der Waals surface area contributed by atoms with E-state index < -0.39 is 21.8 Å². The predicted molar refractivity (Wildman–Crippen MR) is 72.1 cm³/mol. The van der Waals surface area contributed by atoms with Gasteiger partial charge in [0.05, 0.1) is 5.56 Å². The SMILES string of the molecule is Cc1cc(C(=O)OCCS(=O)(=O)O)c(C)c(C)c1C. The third kappa shape index (κ3) is 4.04. The summed E-state index contributed by atoms with van der Waals surface area (Å²) in [6.07, 6.45) is 0. The summed E-state index contributed by atoms with van der Waals surface area (Å²) in [6, 6.07) is 1.73. The summed E-state index contributed by atoms with van der Waals surface area (Å²) in [5.41, 5.74) is 4.36. The number of hydrogen-bond donors (Lipinski definition) is 1. The minimum absolute atomic E-state index is 0.358. The third-order valence-corrected chi connectivity index (χ3v) is 3.96. The lowest BCUT2D eigenvalue weighted by atomic mass is 9.95. The molecule has 1 N–H and O–H groups in total. The number of hydrogen-bond acceptors (Lipinski definition) is 4. The number of aryl methyl sites for hydroxylation is 1. The molecule has 0 bridgehead atoms. The molecular weight excluding hydrogens is 268 g/mol. The van der Waals surface area contributed by atoms with Crippen molar-refractivity contribution in [2.24, 2.45) is 0 Å². The Kier molecular flexibility index (Phi) is 4.70. The van der Waals surface area contributed by atoms with Crippen LogP contribution in [0.1, 0.15) is 32.6 Å². The van der Waals surface area contributed by atoms with Gasteiger partial charge in [0.1, 0.15) is 12.4 Å². The highest BCUT2D eigenvalue weighted by Crippen LogP contribution is 2.21. The van der Waals surface area contributed by atoms with E-state index in [2.05, 4.69) is 0 Å². The largest absolute Gasteiger partial charge is 0.461 e. The second kappa shape index (κ2) is 5.71. The molecule has 6 heteroatoms. The first kappa shape index (κ1) is 15.7. The molecular formula is C13H18O5S. The van der Waals surface area contributed by atoms with Gasteiger partial charge in [-0.15, -0.1) is 0 Å². The van der Waals surface area contributed by atoms with Gasteiger partial charge in [-0.3, -0.25) is 4.55 Å². The summed E-state index contributed by atoms with van der Waals surface area (Å²) in [5.74, 6) is -1.17. The predicted octanol–water partition coefficient (Wildman–Crippen LogP) is 1.96. The average Bonchev–Trinajstić information content (AvgIpc) is 2.29. The van der Waals surface area contributed by atoms with Crippen LogP contribution in [0.15, 0.2) is 6.07 Å². The van der Waals surface area contributed by atoms with Gasteiger partial charge >= 0.3 is 5.97 Å². The lowest BCUT2D eigenvalue weighted by Gasteiger charge is -2.13. The molecule has 0 aromatic heterocycles. The van der Waals surface area contributed by atoms with Crippen LogP contribution in [0.5, 0.6) is 0 Å². The Labute approximate surface area is 113 Å². The lowest BCUT2D eigenvalue weighted by Crippen LogP contribution is -2.16. The van der Waals surface area contributed by atoms with Crippen molar-refractivity contribution in [1.82, 2.24) is 0 Å². The maximum Gasteiger partial charge on any atom is 0.338 e. The molecule has 5 nitrogen and oxygen atoms in total. The Bertz CT molecular complexity index is 602. The number of carbonyl (C=O) groups excluding carboxylic acids is 1. The van der Waals surface area contributed by atoms with E-state index in [-0.39, 0.29) is 6.61 Å². The van der Waals surface area contributed by atoms with Crippen molar-refractivity contribution >= 4 is 16.1 Å². The topological polar surface area (TPSA) is 80.7 Å². The molecule has 0 unspecified atom stereocenters. The molecule has 0 atom stereocenters. The fourth-order valence-corrected chi connectivity index (χ4v) is 2.04. The summed E-state index contributed by atoms with van der Waals surface area (Å²) in [6.45, 7) is 7.26. The van der Waals surface area contributed by atoms with E-state index >= 15 is 0 Å². The first-order valence-corrected chi connectivity index (χ1v) is 7.44. The number of carbonyl (C=O) groups is 1. The highest BCUT2D eigenvalue weighted by Gasteiger charge is 2.16. The fourth-order valence-electron chi connectivity index (χ4n) is 1.74. The van der Waals surface area contributed by atoms with Gasteiger partial charge in [0.2, 0.25) is 0 Å². The Hall–Kier alpha value is -1.40. The molecule has 1 aromatic rings. The molecule has 106 valence electrons. The van der Waals surface area contributed by atoms with Gasteiger partial charge in [0.15, 0.2) is 0 Å². The van der Waals surface area contributed by atoms with Gasteiger partial charge in [0, 0.05) is 0 Å². The van der Waals surface area contributed by atoms with Crippen molar-refractivity contribution in [3.63, 3.8) is 0 Å². The Morgan fingerprint density at radius 2 is 1.74 bits per heavy atom. The Balaban J connectivity index is 2.89. The molecule has 0 heterocycles. The monoisotopic (exact) mass is 286 g/mol. The van der Waals surface area contributed by atoms with Gasteiger partial charge in [-0.05, 0) is 56.0 Å². The smallest absolute Gasteiger partial charge is 0.338 e. The molecule has 0 amide bonds. The fraction of sp³-hybridized carbons (Fsp3) is 0.462. The number of benzene rings is 1. The second-order valence-electron chi connectivity index (χ2n) is 4.54. The van der Waals surface area contributed by atoms with Crippen LogP contribution < -0.4 is 0 Å². The lowest BCUT2D eigenvalue weighted by molar-refractivity contribution is 0.0527.